The van der Waals surface area contributed by atoms with Gasteiger partial charge in [0, 0.05) is 25.8 Å². The number of aliphatic hydroxyl groups excluding tert-OH is 1. The Hall–Kier alpha value is -1.13. The van der Waals surface area contributed by atoms with Gasteiger partial charge in [-0.25, -0.2) is 4.98 Å². The summed E-state index contributed by atoms with van der Waals surface area (Å²) >= 11 is 0. The number of nitrogens with zero attached hydrogens (tertiary/aromatic N) is 2. The van der Waals surface area contributed by atoms with E-state index in [0.717, 1.165) is 44.8 Å². The molecule has 2 N–H and O–H groups in total. The van der Waals surface area contributed by atoms with E-state index in [1.807, 2.05) is 13.1 Å². The monoisotopic (exact) mass is 263 g/mol. The van der Waals surface area contributed by atoms with Crippen molar-refractivity contribution in [2.45, 2.75) is 39.3 Å². The van der Waals surface area contributed by atoms with Gasteiger partial charge in [0.25, 0.3) is 0 Å². The zero-order chi connectivity index (χ0) is 13.7. The maximum Gasteiger partial charge on any atom is 0.128 e. The van der Waals surface area contributed by atoms with Crippen LogP contribution in [0.2, 0.25) is 0 Å². The Kier molecular flexibility index (Phi) is 5.16. The van der Waals surface area contributed by atoms with E-state index in [-0.39, 0.29) is 6.10 Å². The summed E-state index contributed by atoms with van der Waals surface area (Å²) in [5, 5.41) is 12.9. The van der Waals surface area contributed by atoms with Gasteiger partial charge in [-0.2, -0.15) is 0 Å². The van der Waals surface area contributed by atoms with Crippen LogP contribution in [0.3, 0.4) is 0 Å². The number of nitrogens with one attached hydrogen (secondary N) is 1. The lowest BCUT2D eigenvalue weighted by Gasteiger charge is -2.34. The largest absolute Gasteiger partial charge is 0.393 e. The second-order valence-electron chi connectivity index (χ2n) is 5.37. The fraction of sp³-hybridized carbons (Fsp3) is 0.667. The molecule has 0 bridgehead atoms. The van der Waals surface area contributed by atoms with Crippen LogP contribution in [-0.2, 0) is 6.54 Å². The summed E-state index contributed by atoms with van der Waals surface area (Å²) in [6.45, 7) is 7.86. The van der Waals surface area contributed by atoms with E-state index in [1.54, 1.807) is 0 Å². The first kappa shape index (κ1) is 14.3. The number of rotatable bonds is 5. The minimum absolute atomic E-state index is 0.183. The number of hydrogen-bond acceptors (Lipinski definition) is 4. The third-order valence-corrected chi connectivity index (χ3v) is 3.93. The zero-order valence-electron chi connectivity index (χ0n) is 12.0. The molecule has 19 heavy (non-hydrogen) atoms. The van der Waals surface area contributed by atoms with Crippen LogP contribution in [0.15, 0.2) is 18.3 Å². The normalized spacial score (nSPS) is 18.6. The molecular weight excluding hydrogens is 238 g/mol. The van der Waals surface area contributed by atoms with Gasteiger partial charge >= 0.3 is 0 Å². The highest BCUT2D eigenvalue weighted by Gasteiger charge is 2.23. The van der Waals surface area contributed by atoms with Crippen molar-refractivity contribution in [2.24, 2.45) is 5.92 Å². The van der Waals surface area contributed by atoms with Crippen LogP contribution in [0.1, 0.15) is 32.3 Å². The molecule has 1 aromatic heterocycles. The summed E-state index contributed by atoms with van der Waals surface area (Å²) < 4.78 is 0. The average molecular weight is 263 g/mol. The van der Waals surface area contributed by atoms with Crippen molar-refractivity contribution >= 4 is 5.82 Å². The van der Waals surface area contributed by atoms with Crippen LogP contribution in [-0.4, -0.2) is 35.8 Å². The first-order valence-electron chi connectivity index (χ1n) is 7.29. The van der Waals surface area contributed by atoms with Gasteiger partial charge in [0.1, 0.15) is 5.82 Å². The highest BCUT2D eigenvalue weighted by molar-refractivity contribution is 5.39. The highest BCUT2D eigenvalue weighted by Crippen LogP contribution is 2.24. The number of hydrogen-bond donors (Lipinski definition) is 2. The van der Waals surface area contributed by atoms with Crippen LogP contribution in [0.4, 0.5) is 5.82 Å². The molecule has 2 rings (SSSR count). The molecular formula is C15H25N3O. The first-order chi connectivity index (χ1) is 9.20. The number of piperidine rings is 1. The minimum Gasteiger partial charge on any atom is -0.393 e. The number of aromatic nitrogens is 1. The maximum absolute atomic E-state index is 9.61. The van der Waals surface area contributed by atoms with Crippen LogP contribution >= 0.6 is 0 Å². The summed E-state index contributed by atoms with van der Waals surface area (Å²) in [6, 6.07) is 4.25. The smallest absolute Gasteiger partial charge is 0.128 e. The Balaban J connectivity index is 1.89. The Morgan fingerprint density at radius 1 is 1.42 bits per heavy atom. The maximum atomic E-state index is 9.61. The Morgan fingerprint density at radius 2 is 2.16 bits per heavy atom. The quantitative estimate of drug-likeness (QED) is 0.850. The number of aliphatic hydroxyl groups is 1. The number of anilines is 1. The Labute approximate surface area is 115 Å². The summed E-state index contributed by atoms with van der Waals surface area (Å²) in [6.07, 6.45) is 3.88. The summed E-state index contributed by atoms with van der Waals surface area (Å²) in [5.74, 6) is 1.51. The Morgan fingerprint density at radius 3 is 2.68 bits per heavy atom. The van der Waals surface area contributed by atoms with Gasteiger partial charge in [0.05, 0.1) is 6.10 Å². The van der Waals surface area contributed by atoms with E-state index in [1.165, 1.54) is 5.56 Å². The fourth-order valence-electron chi connectivity index (χ4n) is 2.59. The van der Waals surface area contributed by atoms with E-state index in [9.17, 15) is 5.11 Å². The predicted molar refractivity (Wildman–Crippen MR) is 78.2 cm³/mol. The second-order valence-corrected chi connectivity index (χ2v) is 5.37. The molecule has 0 spiro atoms. The Bertz CT molecular complexity index is 369. The molecule has 1 aliphatic heterocycles. The van der Waals surface area contributed by atoms with E-state index in [2.05, 4.69) is 34.3 Å². The van der Waals surface area contributed by atoms with Crippen LogP contribution in [0, 0.1) is 5.92 Å². The van der Waals surface area contributed by atoms with Gasteiger partial charge in [-0.1, -0.05) is 13.0 Å². The molecule has 0 aromatic carbocycles. The van der Waals surface area contributed by atoms with Gasteiger partial charge in [-0.05, 0) is 43.9 Å². The highest BCUT2D eigenvalue weighted by atomic mass is 16.3. The summed E-state index contributed by atoms with van der Waals surface area (Å²) in [4.78, 5) is 6.86. The molecule has 1 unspecified atom stereocenters. The van der Waals surface area contributed by atoms with Crippen molar-refractivity contribution in [3.63, 3.8) is 0 Å². The molecule has 4 nitrogen and oxygen atoms in total. The lowest BCUT2D eigenvalue weighted by atomic mass is 9.92. The molecule has 1 saturated heterocycles. The molecule has 0 radical (unpaired) electrons. The van der Waals surface area contributed by atoms with Gasteiger partial charge in [0.15, 0.2) is 0 Å². The first-order valence-corrected chi connectivity index (χ1v) is 7.29. The molecule has 0 amide bonds. The molecule has 1 fully saturated rings. The van der Waals surface area contributed by atoms with Crippen LogP contribution in [0.5, 0.6) is 0 Å². The second kappa shape index (κ2) is 6.87. The van der Waals surface area contributed by atoms with Crippen molar-refractivity contribution in [1.82, 2.24) is 10.3 Å². The lowest BCUT2D eigenvalue weighted by molar-refractivity contribution is 0.110. The SMILES string of the molecule is CCNCc1ccc(N2CCC(C(C)O)CC2)nc1. The lowest BCUT2D eigenvalue weighted by Crippen LogP contribution is -2.37. The van der Waals surface area contributed by atoms with Crippen molar-refractivity contribution in [1.29, 1.82) is 0 Å². The average Bonchev–Trinajstić information content (AvgIpc) is 2.46. The third-order valence-electron chi connectivity index (χ3n) is 3.93. The van der Waals surface area contributed by atoms with Gasteiger partial charge < -0.3 is 15.3 Å². The molecule has 4 heteroatoms. The van der Waals surface area contributed by atoms with Crippen LogP contribution in [0.25, 0.3) is 0 Å². The molecule has 2 heterocycles. The van der Waals surface area contributed by atoms with Gasteiger partial charge in [-0.15, -0.1) is 0 Å². The molecule has 0 aliphatic carbocycles. The van der Waals surface area contributed by atoms with Gasteiger partial charge in [-0.3, -0.25) is 0 Å². The van der Waals surface area contributed by atoms with Crippen molar-refractivity contribution in [3.8, 4) is 0 Å². The zero-order valence-corrected chi connectivity index (χ0v) is 12.0. The molecule has 1 aromatic rings. The molecule has 1 atom stereocenters. The van der Waals surface area contributed by atoms with Crippen molar-refractivity contribution < 1.29 is 5.11 Å². The van der Waals surface area contributed by atoms with Gasteiger partial charge in [0.2, 0.25) is 0 Å². The van der Waals surface area contributed by atoms with Crippen molar-refractivity contribution in [2.75, 3.05) is 24.5 Å². The topological polar surface area (TPSA) is 48.4 Å². The molecule has 106 valence electrons. The van der Waals surface area contributed by atoms with Crippen molar-refractivity contribution in [3.05, 3.63) is 23.9 Å². The molecule has 0 saturated carbocycles. The van der Waals surface area contributed by atoms with Crippen LogP contribution < -0.4 is 10.2 Å². The standard InChI is InChI=1S/C15H25N3O/c1-3-16-10-13-4-5-15(17-11-13)18-8-6-14(7-9-18)12(2)19/h4-5,11-12,14,16,19H,3,6-10H2,1-2H3. The minimum atomic E-state index is -0.183. The predicted octanol–water partition coefficient (Wildman–Crippen LogP) is 1.79. The molecule has 1 aliphatic rings. The summed E-state index contributed by atoms with van der Waals surface area (Å²) in [7, 11) is 0. The van der Waals surface area contributed by atoms with E-state index < -0.39 is 0 Å². The number of pyridine rings is 1. The fourth-order valence-corrected chi connectivity index (χ4v) is 2.59. The summed E-state index contributed by atoms with van der Waals surface area (Å²) in [5.41, 5.74) is 1.23. The van der Waals surface area contributed by atoms with E-state index in [0.29, 0.717) is 5.92 Å². The van der Waals surface area contributed by atoms with E-state index >= 15 is 0 Å². The van der Waals surface area contributed by atoms with E-state index in [4.69, 9.17) is 0 Å². The third kappa shape index (κ3) is 3.91.